The fourth-order valence-corrected chi connectivity index (χ4v) is 3.11. The Bertz CT molecular complexity index is 511. The zero-order chi connectivity index (χ0) is 17.5. The van der Waals surface area contributed by atoms with E-state index in [1.165, 1.54) is 0 Å². The van der Waals surface area contributed by atoms with Crippen LogP contribution in [0.2, 0.25) is 0 Å². The van der Waals surface area contributed by atoms with Gasteiger partial charge in [-0.1, -0.05) is 6.08 Å². The predicted molar refractivity (Wildman–Crippen MR) is 94.5 cm³/mol. The lowest BCUT2D eigenvalue weighted by molar-refractivity contribution is -0.134. The van der Waals surface area contributed by atoms with Gasteiger partial charge in [0.15, 0.2) is 0 Å². The number of piperazine rings is 1. The summed E-state index contributed by atoms with van der Waals surface area (Å²) in [6.45, 7) is 8.64. The summed E-state index contributed by atoms with van der Waals surface area (Å²) in [5.41, 5.74) is 6.28. The zero-order valence-corrected chi connectivity index (χ0v) is 14.8. The zero-order valence-electron chi connectivity index (χ0n) is 14.8. The molecule has 0 aliphatic carbocycles. The number of hydrogen-bond donors (Lipinski definition) is 1. The van der Waals surface area contributed by atoms with Crippen LogP contribution < -0.4 is 5.73 Å². The number of carbonyl (C=O) groups excluding carboxylic acids is 2. The Hall–Kier alpha value is -1.89. The van der Waals surface area contributed by atoms with Crippen molar-refractivity contribution >= 4 is 17.6 Å². The van der Waals surface area contributed by atoms with E-state index < -0.39 is 0 Å². The maximum Gasteiger partial charge on any atom is 0.236 e. The Morgan fingerprint density at radius 1 is 1.00 bits per heavy atom. The molecule has 7 heteroatoms. The molecular weight excluding hydrogens is 306 g/mol. The molecule has 2 aliphatic rings. The van der Waals surface area contributed by atoms with Crippen LogP contribution in [0.15, 0.2) is 16.8 Å². The lowest BCUT2D eigenvalue weighted by Gasteiger charge is -2.35. The van der Waals surface area contributed by atoms with Crippen LogP contribution in [-0.2, 0) is 9.59 Å². The predicted octanol–water partition coefficient (Wildman–Crippen LogP) is 0.424. The number of amides is 2. The average Bonchev–Trinajstić information content (AvgIpc) is 3.09. The largest absolute Gasteiger partial charge is 0.387 e. The van der Waals surface area contributed by atoms with Crippen molar-refractivity contribution in [2.75, 3.05) is 45.8 Å². The molecule has 7 nitrogen and oxygen atoms in total. The van der Waals surface area contributed by atoms with Gasteiger partial charge in [-0.3, -0.25) is 14.5 Å². The van der Waals surface area contributed by atoms with Gasteiger partial charge in [0.25, 0.3) is 0 Å². The van der Waals surface area contributed by atoms with E-state index in [1.807, 2.05) is 22.8 Å². The van der Waals surface area contributed by atoms with E-state index in [2.05, 4.69) is 9.89 Å². The molecule has 2 fully saturated rings. The van der Waals surface area contributed by atoms with E-state index in [-0.39, 0.29) is 18.2 Å². The molecule has 0 spiro atoms. The van der Waals surface area contributed by atoms with Gasteiger partial charge in [0.05, 0.1) is 18.8 Å². The smallest absolute Gasteiger partial charge is 0.236 e. The minimum Gasteiger partial charge on any atom is -0.387 e. The van der Waals surface area contributed by atoms with Gasteiger partial charge in [-0.15, -0.1) is 0 Å². The van der Waals surface area contributed by atoms with Crippen LogP contribution in [0.1, 0.15) is 33.1 Å². The number of rotatable bonds is 5. The highest BCUT2D eigenvalue weighted by Gasteiger charge is 2.25. The fourth-order valence-electron chi connectivity index (χ4n) is 3.11. The van der Waals surface area contributed by atoms with E-state index in [9.17, 15) is 9.59 Å². The van der Waals surface area contributed by atoms with Crippen LogP contribution in [-0.4, -0.2) is 78.2 Å². The van der Waals surface area contributed by atoms with Crippen LogP contribution >= 0.6 is 0 Å². The quantitative estimate of drug-likeness (QED) is 0.583. The summed E-state index contributed by atoms with van der Waals surface area (Å²) in [6, 6.07) is 0. The van der Waals surface area contributed by atoms with Crippen molar-refractivity contribution in [3.8, 4) is 0 Å². The first-order valence-corrected chi connectivity index (χ1v) is 8.73. The first kappa shape index (κ1) is 18.4. The third-order valence-corrected chi connectivity index (χ3v) is 4.53. The van der Waals surface area contributed by atoms with E-state index >= 15 is 0 Å². The minimum absolute atomic E-state index is 0.0682. The topological polar surface area (TPSA) is 82.2 Å². The van der Waals surface area contributed by atoms with Crippen molar-refractivity contribution < 1.29 is 9.59 Å². The molecule has 2 saturated heterocycles. The molecule has 0 atom stereocenters. The Labute approximate surface area is 144 Å². The molecule has 2 amide bonds. The average molecular weight is 335 g/mol. The third-order valence-electron chi connectivity index (χ3n) is 4.53. The highest BCUT2D eigenvalue weighted by atomic mass is 16.2. The second-order valence-electron chi connectivity index (χ2n) is 6.45. The second kappa shape index (κ2) is 8.82. The SMILES string of the molecule is C/C=C(/CC(=O)N1CCN(CC(=O)N2CCCC2)CC1)N=C(C)N. The van der Waals surface area contributed by atoms with Gasteiger partial charge in [0.1, 0.15) is 0 Å². The molecule has 0 aromatic heterocycles. The molecule has 0 bridgehead atoms. The van der Waals surface area contributed by atoms with Crippen LogP contribution in [0.3, 0.4) is 0 Å². The standard InChI is InChI=1S/C17H29N5O2/c1-3-15(19-14(2)18)12-16(23)22-10-8-20(9-11-22)13-17(24)21-6-4-5-7-21/h3H,4-13H2,1-2H3,(H2,18,19)/b15-3-. The molecule has 0 radical (unpaired) electrons. The molecular formula is C17H29N5O2. The minimum atomic E-state index is 0.0682. The molecule has 0 unspecified atom stereocenters. The monoisotopic (exact) mass is 335 g/mol. The molecule has 0 saturated carbocycles. The van der Waals surface area contributed by atoms with Crippen molar-refractivity contribution in [2.24, 2.45) is 10.7 Å². The molecule has 134 valence electrons. The summed E-state index contributed by atoms with van der Waals surface area (Å²) in [7, 11) is 0. The summed E-state index contributed by atoms with van der Waals surface area (Å²) in [6.07, 6.45) is 4.33. The number of amidine groups is 1. The normalized spacial score (nSPS) is 20.6. The molecule has 24 heavy (non-hydrogen) atoms. The number of carbonyl (C=O) groups is 2. The fraction of sp³-hybridized carbons (Fsp3) is 0.706. The van der Waals surface area contributed by atoms with Gasteiger partial charge in [-0.25, -0.2) is 4.99 Å². The number of likely N-dealkylation sites (tertiary alicyclic amines) is 1. The Morgan fingerprint density at radius 3 is 2.12 bits per heavy atom. The maximum atomic E-state index is 12.4. The summed E-state index contributed by atoms with van der Waals surface area (Å²) in [4.78, 5) is 34.7. The van der Waals surface area contributed by atoms with E-state index in [0.29, 0.717) is 31.2 Å². The number of nitrogens with two attached hydrogens (primary N) is 1. The number of aliphatic imine (C=N–C) groups is 1. The van der Waals surface area contributed by atoms with Crippen LogP contribution in [0.25, 0.3) is 0 Å². The van der Waals surface area contributed by atoms with Gasteiger partial charge in [0, 0.05) is 45.0 Å². The lowest BCUT2D eigenvalue weighted by atomic mass is 10.2. The van der Waals surface area contributed by atoms with Crippen molar-refractivity contribution in [1.29, 1.82) is 0 Å². The van der Waals surface area contributed by atoms with E-state index in [4.69, 9.17) is 5.73 Å². The molecule has 2 aliphatic heterocycles. The summed E-state index contributed by atoms with van der Waals surface area (Å²) in [5, 5.41) is 0. The highest BCUT2D eigenvalue weighted by Crippen LogP contribution is 2.12. The third kappa shape index (κ3) is 5.33. The number of nitrogens with zero attached hydrogens (tertiary/aromatic N) is 4. The van der Waals surface area contributed by atoms with E-state index in [1.54, 1.807) is 6.92 Å². The van der Waals surface area contributed by atoms with Crippen molar-refractivity contribution in [2.45, 2.75) is 33.1 Å². The van der Waals surface area contributed by atoms with Crippen molar-refractivity contribution in [1.82, 2.24) is 14.7 Å². The van der Waals surface area contributed by atoms with Gasteiger partial charge in [0.2, 0.25) is 11.8 Å². The molecule has 2 N–H and O–H groups in total. The van der Waals surface area contributed by atoms with Gasteiger partial charge in [-0.2, -0.15) is 0 Å². The van der Waals surface area contributed by atoms with Gasteiger partial charge < -0.3 is 15.5 Å². The van der Waals surface area contributed by atoms with Crippen LogP contribution in [0.5, 0.6) is 0 Å². The summed E-state index contributed by atoms with van der Waals surface area (Å²) >= 11 is 0. The van der Waals surface area contributed by atoms with E-state index in [0.717, 1.165) is 39.0 Å². The second-order valence-corrected chi connectivity index (χ2v) is 6.45. The van der Waals surface area contributed by atoms with Crippen molar-refractivity contribution in [3.63, 3.8) is 0 Å². The van der Waals surface area contributed by atoms with Gasteiger partial charge >= 0.3 is 0 Å². The van der Waals surface area contributed by atoms with Crippen LogP contribution in [0, 0.1) is 0 Å². The van der Waals surface area contributed by atoms with Crippen molar-refractivity contribution in [3.05, 3.63) is 11.8 Å². The maximum absolute atomic E-state index is 12.4. The Morgan fingerprint density at radius 2 is 1.58 bits per heavy atom. The van der Waals surface area contributed by atoms with Crippen LogP contribution in [0.4, 0.5) is 0 Å². The highest BCUT2D eigenvalue weighted by molar-refractivity contribution is 5.82. The summed E-state index contributed by atoms with van der Waals surface area (Å²) in [5.74, 6) is 0.746. The first-order valence-electron chi connectivity index (χ1n) is 8.73. The summed E-state index contributed by atoms with van der Waals surface area (Å²) < 4.78 is 0. The Kier molecular flexibility index (Phi) is 6.78. The molecule has 0 aromatic rings. The van der Waals surface area contributed by atoms with Gasteiger partial charge in [-0.05, 0) is 26.7 Å². The number of allylic oxidation sites excluding steroid dienone is 1. The molecule has 2 heterocycles. The molecule has 0 aromatic carbocycles. The molecule has 2 rings (SSSR count). The number of hydrogen-bond acceptors (Lipinski definition) is 4. The Balaban J connectivity index is 1.76. The lowest BCUT2D eigenvalue weighted by Crippen LogP contribution is -2.51. The first-order chi connectivity index (χ1) is 11.5.